The van der Waals surface area contributed by atoms with Gasteiger partial charge in [0, 0.05) is 5.56 Å². The summed E-state index contributed by atoms with van der Waals surface area (Å²) in [6.07, 6.45) is -22.7. The van der Waals surface area contributed by atoms with Gasteiger partial charge in [-0.05, 0) is 12.1 Å². The summed E-state index contributed by atoms with van der Waals surface area (Å²) in [6.45, 7) is 0. The Kier molecular flexibility index (Phi) is 5.33. The first kappa shape index (κ1) is 21.0. The molecule has 25 heavy (non-hydrogen) atoms. The Labute approximate surface area is 131 Å². The highest BCUT2D eigenvalue weighted by molar-refractivity contribution is 5.82. The number of aliphatic hydroxyl groups is 1. The third kappa shape index (κ3) is 4.14. The molecule has 0 bridgehead atoms. The van der Waals surface area contributed by atoms with Gasteiger partial charge in [0.2, 0.25) is 6.10 Å². The summed E-state index contributed by atoms with van der Waals surface area (Å²) in [6, 6.07) is 1.48. The number of hydrogen-bond acceptors (Lipinski definition) is 3. The van der Waals surface area contributed by atoms with Crippen LogP contribution in [0.4, 0.5) is 43.9 Å². The van der Waals surface area contributed by atoms with Crippen LogP contribution in [0.5, 0.6) is 0 Å². The molecule has 0 radical (unpaired) electrons. The van der Waals surface area contributed by atoms with Crippen LogP contribution in [0.1, 0.15) is 11.7 Å². The molecule has 1 rings (SSSR count). The number of halogens is 10. The van der Waals surface area contributed by atoms with Crippen LogP contribution in [0.3, 0.4) is 0 Å². The molecule has 0 saturated heterocycles. The molecule has 0 heterocycles. The van der Waals surface area contributed by atoms with Crippen LogP contribution < -0.4 is 0 Å². The summed E-state index contributed by atoms with van der Waals surface area (Å²) in [7, 11) is 0. The number of carbonyl (C=O) groups excluding carboxylic acids is 1. The molecule has 0 aliphatic heterocycles. The van der Waals surface area contributed by atoms with E-state index in [-0.39, 0.29) is 0 Å². The second kappa shape index (κ2) is 6.35. The van der Waals surface area contributed by atoms with Crippen LogP contribution in [0.15, 0.2) is 24.3 Å². The molecule has 0 aliphatic rings. The van der Waals surface area contributed by atoms with Crippen LogP contribution in [0.25, 0.3) is 0 Å². The van der Waals surface area contributed by atoms with Crippen molar-refractivity contribution in [2.24, 2.45) is 0 Å². The smallest absolute Gasteiger partial charge is 0.437 e. The number of hydrogen-bond donors (Lipinski definition) is 1. The van der Waals surface area contributed by atoms with Crippen molar-refractivity contribution < 1.29 is 58.5 Å². The summed E-state index contributed by atoms with van der Waals surface area (Å²) in [5.41, 5.74) is -7.34. The molecular formula is C12H6F10O3. The number of benzene rings is 1. The van der Waals surface area contributed by atoms with E-state index in [1.807, 2.05) is 0 Å². The molecule has 1 atom stereocenters. The molecule has 1 N–H and O–H groups in total. The van der Waals surface area contributed by atoms with E-state index in [1.165, 1.54) is 0 Å². The van der Waals surface area contributed by atoms with Gasteiger partial charge < -0.3 is 9.84 Å². The van der Waals surface area contributed by atoms with E-state index in [2.05, 4.69) is 4.74 Å². The highest BCUT2D eigenvalue weighted by Gasteiger charge is 2.77. The standard InChI is InChI=1S/C12H6F10O3/c13-6-3-1-5(2-4-6)7(10(14,15)16)25-8(23)9(24,11(17,18)19)12(20,21)22/h1-4,7,24H. The largest absolute Gasteiger partial charge is 0.445 e. The van der Waals surface area contributed by atoms with E-state index in [4.69, 9.17) is 5.11 Å². The van der Waals surface area contributed by atoms with Gasteiger partial charge >= 0.3 is 30.1 Å². The number of esters is 1. The predicted octanol–water partition coefficient (Wildman–Crippen LogP) is 3.83. The molecule has 3 nitrogen and oxygen atoms in total. The van der Waals surface area contributed by atoms with Gasteiger partial charge in [-0.1, -0.05) is 12.1 Å². The fourth-order valence-electron chi connectivity index (χ4n) is 1.55. The van der Waals surface area contributed by atoms with Crippen LogP contribution in [-0.2, 0) is 9.53 Å². The highest BCUT2D eigenvalue weighted by Crippen LogP contribution is 2.46. The Morgan fingerprint density at radius 1 is 0.880 bits per heavy atom. The minimum Gasteiger partial charge on any atom is -0.445 e. The number of ether oxygens (including phenoxy) is 1. The zero-order chi connectivity index (χ0) is 19.8. The molecule has 1 aromatic rings. The molecular weight excluding hydrogens is 382 g/mol. The molecule has 1 unspecified atom stereocenters. The van der Waals surface area contributed by atoms with Crippen molar-refractivity contribution in [3.63, 3.8) is 0 Å². The lowest BCUT2D eigenvalue weighted by molar-refractivity contribution is -0.361. The van der Waals surface area contributed by atoms with Crippen LogP contribution in [0, 0.1) is 5.82 Å². The van der Waals surface area contributed by atoms with Gasteiger partial charge in [0.15, 0.2) is 0 Å². The Morgan fingerprint density at radius 3 is 1.60 bits per heavy atom. The summed E-state index contributed by atoms with van der Waals surface area (Å²) < 4.78 is 129. The van der Waals surface area contributed by atoms with Gasteiger partial charge in [-0.3, -0.25) is 0 Å². The topological polar surface area (TPSA) is 46.5 Å². The van der Waals surface area contributed by atoms with Crippen molar-refractivity contribution in [3.05, 3.63) is 35.6 Å². The van der Waals surface area contributed by atoms with E-state index < -0.39 is 47.6 Å². The lowest BCUT2D eigenvalue weighted by atomic mass is 10.0. The molecule has 0 saturated carbocycles. The molecule has 0 fully saturated rings. The SMILES string of the molecule is O=C(OC(c1ccc(F)cc1)C(F)(F)F)C(O)(C(F)(F)F)C(F)(F)F. The Morgan fingerprint density at radius 2 is 1.28 bits per heavy atom. The minimum absolute atomic E-state index is 0.334. The first-order valence-electron chi connectivity index (χ1n) is 5.91. The van der Waals surface area contributed by atoms with Gasteiger partial charge in [0.1, 0.15) is 5.82 Å². The number of carbonyl (C=O) groups is 1. The summed E-state index contributed by atoms with van der Waals surface area (Å²) in [5.74, 6) is -4.70. The molecule has 0 aromatic heterocycles. The first-order chi connectivity index (χ1) is 11.0. The molecule has 13 heteroatoms. The van der Waals surface area contributed by atoms with Gasteiger partial charge in [0.25, 0.3) is 0 Å². The Balaban J connectivity index is 3.32. The average molecular weight is 388 g/mol. The molecule has 1 aromatic carbocycles. The van der Waals surface area contributed by atoms with Crippen molar-refractivity contribution in [1.29, 1.82) is 0 Å². The first-order valence-corrected chi connectivity index (χ1v) is 5.91. The minimum atomic E-state index is -6.71. The average Bonchev–Trinajstić information content (AvgIpc) is 2.41. The third-order valence-electron chi connectivity index (χ3n) is 2.81. The molecule has 0 spiro atoms. The molecule has 142 valence electrons. The number of alkyl halides is 9. The van der Waals surface area contributed by atoms with Crippen molar-refractivity contribution in [1.82, 2.24) is 0 Å². The highest BCUT2D eigenvalue weighted by atomic mass is 19.4. The van der Waals surface area contributed by atoms with Crippen molar-refractivity contribution in [2.75, 3.05) is 0 Å². The maximum Gasteiger partial charge on any atom is 0.437 e. The fourth-order valence-corrected chi connectivity index (χ4v) is 1.55. The molecule has 0 aliphatic carbocycles. The third-order valence-corrected chi connectivity index (χ3v) is 2.81. The summed E-state index contributed by atoms with van der Waals surface area (Å²) in [5, 5.41) is 8.71. The van der Waals surface area contributed by atoms with Gasteiger partial charge in [-0.15, -0.1) is 0 Å². The van der Waals surface area contributed by atoms with E-state index in [0.29, 0.717) is 24.3 Å². The maximum absolute atomic E-state index is 12.8. The predicted molar refractivity (Wildman–Crippen MR) is 58.3 cm³/mol. The van der Waals surface area contributed by atoms with Crippen molar-refractivity contribution in [3.8, 4) is 0 Å². The van der Waals surface area contributed by atoms with E-state index in [0.717, 1.165) is 0 Å². The number of rotatable bonds is 3. The zero-order valence-electron chi connectivity index (χ0n) is 11.4. The van der Waals surface area contributed by atoms with E-state index in [9.17, 15) is 48.7 Å². The summed E-state index contributed by atoms with van der Waals surface area (Å²) in [4.78, 5) is 11.2. The lowest BCUT2D eigenvalue weighted by Crippen LogP contribution is -2.63. The fraction of sp³-hybridized carbons (Fsp3) is 0.417. The Hall–Kier alpha value is -2.05. The van der Waals surface area contributed by atoms with Gasteiger partial charge in [-0.25, -0.2) is 9.18 Å². The van der Waals surface area contributed by atoms with E-state index in [1.54, 1.807) is 0 Å². The van der Waals surface area contributed by atoms with Crippen LogP contribution in [-0.4, -0.2) is 35.2 Å². The normalized spacial score (nSPS) is 15.0. The quantitative estimate of drug-likeness (QED) is 0.633. The monoisotopic (exact) mass is 388 g/mol. The lowest BCUT2D eigenvalue weighted by Gasteiger charge is -2.32. The second-order valence-corrected chi connectivity index (χ2v) is 4.58. The van der Waals surface area contributed by atoms with Gasteiger partial charge in [0.05, 0.1) is 0 Å². The second-order valence-electron chi connectivity index (χ2n) is 4.58. The van der Waals surface area contributed by atoms with Gasteiger partial charge in [-0.2, -0.15) is 39.5 Å². The zero-order valence-corrected chi connectivity index (χ0v) is 11.4. The molecule has 0 amide bonds. The van der Waals surface area contributed by atoms with E-state index >= 15 is 0 Å². The van der Waals surface area contributed by atoms with Crippen molar-refractivity contribution in [2.45, 2.75) is 30.2 Å². The Bertz CT molecular complexity index is 600. The van der Waals surface area contributed by atoms with Crippen LogP contribution in [0.2, 0.25) is 0 Å². The van der Waals surface area contributed by atoms with Crippen LogP contribution >= 0.6 is 0 Å². The maximum atomic E-state index is 12.8. The van der Waals surface area contributed by atoms with Crippen molar-refractivity contribution >= 4 is 5.97 Å². The summed E-state index contributed by atoms with van der Waals surface area (Å²) >= 11 is 0.